The summed E-state index contributed by atoms with van der Waals surface area (Å²) in [5, 5.41) is 3.27. The van der Waals surface area contributed by atoms with E-state index in [-0.39, 0.29) is 34.2 Å². The summed E-state index contributed by atoms with van der Waals surface area (Å²) in [6.07, 6.45) is 0.992. The third-order valence-electron chi connectivity index (χ3n) is 4.61. The highest BCUT2D eigenvalue weighted by Crippen LogP contribution is 2.27. The predicted molar refractivity (Wildman–Crippen MR) is 128 cm³/mol. The molecule has 0 aliphatic carbocycles. The summed E-state index contributed by atoms with van der Waals surface area (Å²) >= 11 is 12.1. The van der Waals surface area contributed by atoms with E-state index in [0.29, 0.717) is 0 Å². The van der Waals surface area contributed by atoms with Crippen molar-refractivity contribution in [2.45, 2.75) is 39.4 Å². The monoisotopic (exact) mass is 499 g/mol. The Morgan fingerprint density at radius 1 is 1.00 bits per heavy atom. The molecule has 0 saturated carbocycles. The first-order valence-corrected chi connectivity index (χ1v) is 12.6. The van der Waals surface area contributed by atoms with Crippen LogP contribution < -0.4 is 9.62 Å². The molecule has 7 nitrogen and oxygen atoms in total. The molecule has 0 saturated heterocycles. The van der Waals surface area contributed by atoms with Crippen molar-refractivity contribution in [1.82, 2.24) is 10.2 Å². The molecule has 0 radical (unpaired) electrons. The van der Waals surface area contributed by atoms with Crippen molar-refractivity contribution in [2.75, 3.05) is 17.1 Å². The van der Waals surface area contributed by atoms with Crippen LogP contribution in [-0.4, -0.2) is 50.0 Å². The van der Waals surface area contributed by atoms with Crippen molar-refractivity contribution in [3.8, 4) is 0 Å². The van der Waals surface area contributed by atoms with Crippen LogP contribution in [0.15, 0.2) is 48.5 Å². The van der Waals surface area contributed by atoms with Crippen LogP contribution in [0.1, 0.15) is 26.3 Å². The zero-order valence-electron chi connectivity index (χ0n) is 18.4. The van der Waals surface area contributed by atoms with E-state index in [2.05, 4.69) is 5.32 Å². The summed E-state index contributed by atoms with van der Waals surface area (Å²) in [4.78, 5) is 27.4. The van der Waals surface area contributed by atoms with E-state index in [4.69, 9.17) is 23.2 Å². The molecule has 2 amide bonds. The third-order valence-corrected chi connectivity index (χ3v) is 6.19. The predicted octanol–water partition coefficient (Wildman–Crippen LogP) is 3.70. The zero-order valence-corrected chi connectivity index (χ0v) is 20.7. The first kappa shape index (κ1) is 26.0. The lowest BCUT2D eigenvalue weighted by Gasteiger charge is -2.32. The van der Waals surface area contributed by atoms with Gasteiger partial charge >= 0.3 is 0 Å². The molecule has 0 bridgehead atoms. The van der Waals surface area contributed by atoms with Crippen LogP contribution in [-0.2, 0) is 26.2 Å². The minimum absolute atomic E-state index is 0.111. The molecular weight excluding hydrogens is 473 g/mol. The number of rotatable bonds is 9. The van der Waals surface area contributed by atoms with E-state index in [1.165, 1.54) is 23.1 Å². The van der Waals surface area contributed by atoms with E-state index in [9.17, 15) is 18.0 Å². The van der Waals surface area contributed by atoms with Crippen LogP contribution >= 0.6 is 23.2 Å². The van der Waals surface area contributed by atoms with Crippen LogP contribution in [0.4, 0.5) is 5.69 Å². The fourth-order valence-corrected chi connectivity index (χ4v) is 4.41. The smallest absolute Gasteiger partial charge is 0.244 e. The number of halogens is 2. The van der Waals surface area contributed by atoms with E-state index in [0.717, 1.165) is 16.1 Å². The van der Waals surface area contributed by atoms with Gasteiger partial charge in [-0.1, -0.05) is 53.5 Å². The molecular formula is C22H27Cl2N3O4S. The van der Waals surface area contributed by atoms with Crippen LogP contribution in [0.5, 0.6) is 0 Å². The Hall–Kier alpha value is -2.29. The van der Waals surface area contributed by atoms with Crippen LogP contribution in [0.3, 0.4) is 0 Å². The molecule has 174 valence electrons. The average Bonchev–Trinajstić information content (AvgIpc) is 2.68. The number of benzene rings is 2. The minimum atomic E-state index is -3.85. The second kappa shape index (κ2) is 11.0. The maximum atomic E-state index is 13.4. The van der Waals surface area contributed by atoms with Crippen LogP contribution in [0.25, 0.3) is 0 Å². The molecule has 10 heteroatoms. The van der Waals surface area contributed by atoms with Crippen LogP contribution in [0, 0.1) is 0 Å². The fraction of sp³-hybridized carbons (Fsp3) is 0.364. The SMILES string of the molecule is CC(C)NC(=O)[C@@H](C)N(Cc1ccccc1)C(=O)CN(c1cc(Cl)cc(Cl)c1)S(C)(=O)=O. The summed E-state index contributed by atoms with van der Waals surface area (Å²) in [5.41, 5.74) is 0.971. The van der Waals surface area contributed by atoms with Gasteiger partial charge < -0.3 is 10.2 Å². The lowest BCUT2D eigenvalue weighted by atomic mass is 10.1. The molecule has 0 heterocycles. The highest BCUT2D eigenvalue weighted by Gasteiger charge is 2.30. The second-order valence-electron chi connectivity index (χ2n) is 7.74. The lowest BCUT2D eigenvalue weighted by Crippen LogP contribution is -2.52. The molecule has 0 spiro atoms. The van der Waals surface area contributed by atoms with Gasteiger partial charge in [0.25, 0.3) is 0 Å². The van der Waals surface area contributed by atoms with Gasteiger partial charge in [0.2, 0.25) is 21.8 Å². The fourth-order valence-electron chi connectivity index (χ4n) is 3.06. The summed E-state index contributed by atoms with van der Waals surface area (Å²) < 4.78 is 25.9. The highest BCUT2D eigenvalue weighted by atomic mass is 35.5. The number of hydrogen-bond acceptors (Lipinski definition) is 4. The van der Waals surface area contributed by atoms with Crippen molar-refractivity contribution in [2.24, 2.45) is 0 Å². The van der Waals surface area contributed by atoms with Gasteiger partial charge in [0.1, 0.15) is 12.6 Å². The molecule has 0 aliphatic rings. The zero-order chi connectivity index (χ0) is 24.1. The molecule has 32 heavy (non-hydrogen) atoms. The largest absolute Gasteiger partial charge is 0.352 e. The lowest BCUT2D eigenvalue weighted by molar-refractivity contribution is -0.139. The van der Waals surface area contributed by atoms with Crippen molar-refractivity contribution in [1.29, 1.82) is 0 Å². The summed E-state index contributed by atoms with van der Waals surface area (Å²) in [6, 6.07) is 12.5. The van der Waals surface area contributed by atoms with Gasteiger partial charge in [0.15, 0.2) is 0 Å². The summed E-state index contributed by atoms with van der Waals surface area (Å²) in [6.45, 7) is 4.88. The molecule has 1 atom stereocenters. The molecule has 0 aromatic heterocycles. The normalized spacial score (nSPS) is 12.3. The quantitative estimate of drug-likeness (QED) is 0.569. The third kappa shape index (κ3) is 7.39. The Kier molecular flexibility index (Phi) is 8.95. The van der Waals surface area contributed by atoms with Gasteiger partial charge in [-0.3, -0.25) is 13.9 Å². The van der Waals surface area contributed by atoms with Gasteiger partial charge in [-0.2, -0.15) is 0 Å². The Bertz CT molecular complexity index is 1040. The van der Waals surface area contributed by atoms with Crippen LogP contribution in [0.2, 0.25) is 10.0 Å². The Morgan fingerprint density at radius 2 is 1.56 bits per heavy atom. The van der Waals surface area contributed by atoms with Crippen molar-refractivity contribution in [3.05, 3.63) is 64.1 Å². The summed E-state index contributed by atoms with van der Waals surface area (Å²) in [5.74, 6) is -0.872. The first-order chi connectivity index (χ1) is 14.9. The highest BCUT2D eigenvalue weighted by molar-refractivity contribution is 7.92. The topological polar surface area (TPSA) is 86.8 Å². The molecule has 2 rings (SSSR count). The van der Waals surface area contributed by atoms with Crippen molar-refractivity contribution < 1.29 is 18.0 Å². The van der Waals surface area contributed by atoms with Gasteiger partial charge in [0, 0.05) is 22.6 Å². The number of sulfonamides is 1. The van der Waals surface area contributed by atoms with Crippen molar-refractivity contribution in [3.63, 3.8) is 0 Å². The maximum absolute atomic E-state index is 13.4. The van der Waals surface area contributed by atoms with Gasteiger partial charge in [-0.05, 0) is 44.5 Å². The average molecular weight is 500 g/mol. The summed E-state index contributed by atoms with van der Waals surface area (Å²) in [7, 11) is -3.85. The Morgan fingerprint density at radius 3 is 2.06 bits per heavy atom. The number of nitrogens with one attached hydrogen (secondary N) is 1. The maximum Gasteiger partial charge on any atom is 0.244 e. The first-order valence-electron chi connectivity index (χ1n) is 9.96. The Balaban J connectivity index is 2.40. The number of anilines is 1. The van der Waals surface area contributed by atoms with Gasteiger partial charge in [-0.15, -0.1) is 0 Å². The molecule has 0 unspecified atom stereocenters. The minimum Gasteiger partial charge on any atom is -0.352 e. The number of carbonyl (C=O) groups is 2. The molecule has 0 aliphatic heterocycles. The molecule has 2 aromatic rings. The van der Waals surface area contributed by atoms with Gasteiger partial charge in [0.05, 0.1) is 11.9 Å². The van der Waals surface area contributed by atoms with E-state index in [1.807, 2.05) is 44.2 Å². The second-order valence-corrected chi connectivity index (χ2v) is 10.5. The van der Waals surface area contributed by atoms with Gasteiger partial charge in [-0.25, -0.2) is 8.42 Å². The number of carbonyl (C=O) groups excluding carboxylic acids is 2. The Labute approximate surface area is 199 Å². The van der Waals surface area contributed by atoms with E-state index in [1.54, 1.807) is 6.92 Å². The van der Waals surface area contributed by atoms with E-state index < -0.39 is 28.5 Å². The molecule has 2 aromatic carbocycles. The molecule has 0 fully saturated rings. The van der Waals surface area contributed by atoms with Crippen molar-refractivity contribution >= 4 is 50.7 Å². The number of amides is 2. The van der Waals surface area contributed by atoms with E-state index >= 15 is 0 Å². The number of nitrogens with zero attached hydrogens (tertiary/aromatic N) is 2. The number of hydrogen-bond donors (Lipinski definition) is 1. The molecule has 1 N–H and O–H groups in total. The standard InChI is InChI=1S/C22H27Cl2N3O4S/c1-15(2)25-22(29)16(3)26(13-17-8-6-5-7-9-17)21(28)14-27(32(4,30)31)20-11-18(23)10-19(24)12-20/h5-12,15-16H,13-14H2,1-4H3,(H,25,29)/t16-/m1/s1.